The summed E-state index contributed by atoms with van der Waals surface area (Å²) in [4.78, 5) is 11.9. The van der Waals surface area contributed by atoms with Gasteiger partial charge in [-0.25, -0.2) is 4.79 Å². The fourth-order valence-corrected chi connectivity index (χ4v) is 3.54. The van der Waals surface area contributed by atoms with E-state index in [4.69, 9.17) is 4.74 Å². The molecule has 0 bridgehead atoms. The third-order valence-electron chi connectivity index (χ3n) is 4.97. The second-order valence-corrected chi connectivity index (χ2v) is 8.83. The van der Waals surface area contributed by atoms with E-state index in [-0.39, 0.29) is 5.97 Å². The largest absolute Gasteiger partial charge is 0.462 e. The first kappa shape index (κ1) is 25.2. The van der Waals surface area contributed by atoms with Crippen LogP contribution in [0.25, 0.3) is 0 Å². The number of rotatable bonds is 17. The lowest BCUT2D eigenvalue weighted by molar-refractivity contribution is 0.0497. The van der Waals surface area contributed by atoms with Crippen LogP contribution >= 0.6 is 22.6 Å². The highest BCUT2D eigenvalue weighted by molar-refractivity contribution is 14.1. The Hall–Kier alpha value is -0.840. The molecule has 0 saturated carbocycles. The number of unbranched alkanes of at least 4 members (excludes halogenated alkanes) is 12. The summed E-state index contributed by atoms with van der Waals surface area (Å²) in [6.07, 6.45) is 22.8. The van der Waals surface area contributed by atoms with Crippen LogP contribution in [0.5, 0.6) is 0 Å². The predicted octanol–water partition coefficient (Wildman–Crippen LogP) is 8.49. The van der Waals surface area contributed by atoms with Gasteiger partial charge in [-0.3, -0.25) is 0 Å². The quantitative estimate of drug-likeness (QED) is 0.0932. The summed E-state index contributed by atoms with van der Waals surface area (Å²) in [5, 5.41) is 0. The molecule has 158 valence electrons. The minimum Gasteiger partial charge on any atom is -0.462 e. The van der Waals surface area contributed by atoms with Gasteiger partial charge in [0.2, 0.25) is 0 Å². The lowest BCUT2D eigenvalue weighted by Crippen LogP contribution is -2.06. The molecule has 0 radical (unpaired) electrons. The number of hydrogen-bond acceptors (Lipinski definition) is 2. The fourth-order valence-electron chi connectivity index (χ4n) is 3.18. The first-order valence-electron chi connectivity index (χ1n) is 11.3. The second kappa shape index (κ2) is 18.2. The Balaban J connectivity index is 1.83. The van der Waals surface area contributed by atoms with Gasteiger partial charge >= 0.3 is 5.97 Å². The molecule has 0 unspecified atom stereocenters. The molecule has 0 saturated heterocycles. The predicted molar refractivity (Wildman–Crippen MR) is 129 cm³/mol. The van der Waals surface area contributed by atoms with Crippen molar-refractivity contribution in [3.05, 3.63) is 45.6 Å². The van der Waals surface area contributed by atoms with Gasteiger partial charge in [0.25, 0.3) is 0 Å². The minimum absolute atomic E-state index is 0.204. The summed E-state index contributed by atoms with van der Waals surface area (Å²) < 4.78 is 6.46. The molecule has 0 fully saturated rings. The Morgan fingerprint density at radius 3 is 1.86 bits per heavy atom. The van der Waals surface area contributed by atoms with Crippen LogP contribution in [0.1, 0.15) is 107 Å². The van der Waals surface area contributed by atoms with E-state index in [2.05, 4.69) is 41.7 Å². The lowest BCUT2D eigenvalue weighted by atomic mass is 10.1. The monoisotopic (exact) mass is 498 g/mol. The first-order valence-corrected chi connectivity index (χ1v) is 12.4. The van der Waals surface area contributed by atoms with Crippen LogP contribution in [0.4, 0.5) is 0 Å². The standard InChI is InChI=1S/C25H39IO2/c1-2-3-4-5-6-7-8-9-10-11-12-13-14-15-16-17-22-28-25(27)23-18-20-24(26)21-19-23/h9-10,18-21H,2-8,11-17,22H2,1H3/b10-9-. The van der Waals surface area contributed by atoms with Crippen LogP contribution in [0.3, 0.4) is 0 Å². The molecule has 2 nitrogen and oxygen atoms in total. The zero-order valence-electron chi connectivity index (χ0n) is 17.8. The van der Waals surface area contributed by atoms with Crippen LogP contribution in [0.2, 0.25) is 0 Å². The van der Waals surface area contributed by atoms with Crippen molar-refractivity contribution in [3.63, 3.8) is 0 Å². The number of carbonyl (C=O) groups excluding carboxylic acids is 1. The average Bonchev–Trinajstić information content (AvgIpc) is 2.70. The van der Waals surface area contributed by atoms with E-state index >= 15 is 0 Å². The van der Waals surface area contributed by atoms with Crippen LogP contribution in [-0.2, 0) is 4.74 Å². The molecule has 0 aliphatic carbocycles. The molecule has 0 atom stereocenters. The van der Waals surface area contributed by atoms with Crippen molar-refractivity contribution >= 4 is 28.6 Å². The molecule has 0 heterocycles. The SMILES string of the molecule is CCCCCCCC/C=C\CCCCCCCCOC(=O)c1ccc(I)cc1. The number of carbonyl (C=O) groups is 1. The molecule has 1 aromatic carbocycles. The Kier molecular flexibility index (Phi) is 16.4. The summed E-state index contributed by atoms with van der Waals surface area (Å²) >= 11 is 2.23. The zero-order chi connectivity index (χ0) is 20.3. The van der Waals surface area contributed by atoms with Crippen molar-refractivity contribution in [1.82, 2.24) is 0 Å². The molecule has 1 rings (SSSR count). The van der Waals surface area contributed by atoms with Crippen molar-refractivity contribution in [2.24, 2.45) is 0 Å². The van der Waals surface area contributed by atoms with E-state index < -0.39 is 0 Å². The topological polar surface area (TPSA) is 26.3 Å². The highest BCUT2D eigenvalue weighted by Gasteiger charge is 2.05. The number of ether oxygens (including phenoxy) is 1. The molecule has 0 N–H and O–H groups in total. The van der Waals surface area contributed by atoms with Crippen molar-refractivity contribution < 1.29 is 9.53 Å². The number of benzene rings is 1. The van der Waals surface area contributed by atoms with Gasteiger partial charge in [-0.05, 0) is 79.0 Å². The fraction of sp³-hybridized carbons (Fsp3) is 0.640. The van der Waals surface area contributed by atoms with Crippen LogP contribution < -0.4 is 0 Å². The van der Waals surface area contributed by atoms with E-state index in [1.54, 1.807) is 0 Å². The van der Waals surface area contributed by atoms with Crippen LogP contribution in [0, 0.1) is 3.57 Å². The van der Waals surface area contributed by atoms with Crippen molar-refractivity contribution in [2.45, 2.75) is 96.8 Å². The van der Waals surface area contributed by atoms with Crippen molar-refractivity contribution in [2.75, 3.05) is 6.61 Å². The highest BCUT2D eigenvalue weighted by Crippen LogP contribution is 2.11. The Bertz CT molecular complexity index is 522. The van der Waals surface area contributed by atoms with Gasteiger partial charge in [0.05, 0.1) is 12.2 Å². The number of esters is 1. The average molecular weight is 498 g/mol. The van der Waals surface area contributed by atoms with Crippen molar-refractivity contribution in [3.8, 4) is 0 Å². The summed E-state index contributed by atoms with van der Waals surface area (Å²) in [5.74, 6) is -0.204. The summed E-state index contributed by atoms with van der Waals surface area (Å²) in [6, 6.07) is 7.51. The lowest BCUT2D eigenvalue weighted by Gasteiger charge is -2.05. The van der Waals surface area contributed by atoms with Gasteiger partial charge in [-0.15, -0.1) is 0 Å². The van der Waals surface area contributed by atoms with Gasteiger partial charge in [0, 0.05) is 3.57 Å². The van der Waals surface area contributed by atoms with Gasteiger partial charge in [-0.1, -0.05) is 76.9 Å². The summed E-state index contributed by atoms with van der Waals surface area (Å²) in [6.45, 7) is 2.80. The van der Waals surface area contributed by atoms with E-state index in [9.17, 15) is 4.79 Å². The van der Waals surface area contributed by atoms with Gasteiger partial charge in [0.15, 0.2) is 0 Å². The smallest absolute Gasteiger partial charge is 0.338 e. The molecule has 0 amide bonds. The first-order chi connectivity index (χ1) is 13.7. The minimum atomic E-state index is -0.204. The zero-order valence-corrected chi connectivity index (χ0v) is 19.9. The Morgan fingerprint density at radius 2 is 1.29 bits per heavy atom. The molecule has 0 aliphatic rings. The van der Waals surface area contributed by atoms with E-state index in [0.717, 1.165) is 16.4 Å². The molecule has 28 heavy (non-hydrogen) atoms. The molecule has 0 aliphatic heterocycles. The molecule has 3 heteroatoms. The number of hydrogen-bond donors (Lipinski definition) is 0. The molecule has 0 aromatic heterocycles. The van der Waals surface area contributed by atoms with Gasteiger partial charge in [0.1, 0.15) is 0 Å². The molecule has 1 aromatic rings. The highest BCUT2D eigenvalue weighted by atomic mass is 127. The van der Waals surface area contributed by atoms with Crippen molar-refractivity contribution in [1.29, 1.82) is 0 Å². The second-order valence-electron chi connectivity index (χ2n) is 7.58. The number of allylic oxidation sites excluding steroid dienone is 2. The Labute approximate surface area is 186 Å². The summed E-state index contributed by atoms with van der Waals surface area (Å²) in [5.41, 5.74) is 0.643. The molecule has 0 spiro atoms. The normalized spacial score (nSPS) is 11.2. The maximum Gasteiger partial charge on any atom is 0.338 e. The summed E-state index contributed by atoms with van der Waals surface area (Å²) in [7, 11) is 0. The number of halogens is 1. The molecular formula is C25H39IO2. The van der Waals surface area contributed by atoms with Crippen LogP contribution in [-0.4, -0.2) is 12.6 Å². The van der Waals surface area contributed by atoms with E-state index in [1.165, 1.54) is 77.0 Å². The van der Waals surface area contributed by atoms with E-state index in [0.29, 0.717) is 12.2 Å². The third-order valence-corrected chi connectivity index (χ3v) is 5.69. The van der Waals surface area contributed by atoms with Crippen LogP contribution in [0.15, 0.2) is 36.4 Å². The maximum atomic E-state index is 11.9. The maximum absolute atomic E-state index is 11.9. The van der Waals surface area contributed by atoms with E-state index in [1.807, 2.05) is 24.3 Å². The Morgan fingerprint density at radius 1 is 0.786 bits per heavy atom. The third kappa shape index (κ3) is 14.2. The van der Waals surface area contributed by atoms with Gasteiger partial charge < -0.3 is 4.74 Å². The van der Waals surface area contributed by atoms with Gasteiger partial charge in [-0.2, -0.15) is 0 Å². The molecular weight excluding hydrogens is 459 g/mol.